The Hall–Kier alpha value is -2.34. The maximum absolute atomic E-state index is 12.7. The zero-order chi connectivity index (χ0) is 16.2. The number of carbonyl (C=O) groups excluding carboxylic acids is 1. The number of likely N-dealkylation sites (tertiary alicyclic amines) is 1. The Morgan fingerprint density at radius 3 is 2.96 bits per heavy atom. The molecule has 1 aliphatic rings. The average Bonchev–Trinajstić information content (AvgIpc) is 3.22. The molecule has 1 aromatic carbocycles. The van der Waals surface area contributed by atoms with Gasteiger partial charge < -0.3 is 14.7 Å². The van der Waals surface area contributed by atoms with Crippen LogP contribution in [0, 0.1) is 0 Å². The van der Waals surface area contributed by atoms with E-state index in [4.69, 9.17) is 4.74 Å². The van der Waals surface area contributed by atoms with Gasteiger partial charge >= 0.3 is 0 Å². The largest absolute Gasteiger partial charge is 0.508 e. The summed E-state index contributed by atoms with van der Waals surface area (Å²) in [4.78, 5) is 14.5. The van der Waals surface area contributed by atoms with Crippen LogP contribution in [0.2, 0.25) is 0 Å². The van der Waals surface area contributed by atoms with E-state index >= 15 is 0 Å². The maximum Gasteiger partial charge on any atom is 0.272 e. The van der Waals surface area contributed by atoms with E-state index in [0.717, 1.165) is 24.9 Å². The fraction of sp³-hybridized carbons (Fsp3) is 0.412. The monoisotopic (exact) mass is 315 g/mol. The number of ether oxygens (including phenoxy) is 1. The molecule has 1 fully saturated rings. The fourth-order valence-corrected chi connectivity index (χ4v) is 2.90. The number of hydrogen-bond acceptors (Lipinski definition) is 4. The number of rotatable bonds is 5. The van der Waals surface area contributed by atoms with Crippen molar-refractivity contribution in [2.45, 2.75) is 25.8 Å². The highest BCUT2D eigenvalue weighted by molar-refractivity contribution is 5.93. The van der Waals surface area contributed by atoms with Gasteiger partial charge in [-0.1, -0.05) is 0 Å². The van der Waals surface area contributed by atoms with E-state index in [2.05, 4.69) is 10.2 Å². The third-order valence-corrected chi connectivity index (χ3v) is 4.12. The molecule has 122 valence electrons. The summed E-state index contributed by atoms with van der Waals surface area (Å²) in [7, 11) is 0. The van der Waals surface area contributed by atoms with Gasteiger partial charge in [-0.2, -0.15) is 5.10 Å². The van der Waals surface area contributed by atoms with Crippen molar-refractivity contribution in [3.8, 4) is 17.0 Å². The van der Waals surface area contributed by atoms with E-state index in [-0.39, 0.29) is 17.7 Å². The number of H-pyrrole nitrogens is 1. The van der Waals surface area contributed by atoms with Gasteiger partial charge in [0.2, 0.25) is 0 Å². The highest BCUT2D eigenvalue weighted by Crippen LogP contribution is 2.23. The molecular formula is C17H21N3O3. The van der Waals surface area contributed by atoms with Gasteiger partial charge in [0.25, 0.3) is 5.91 Å². The number of aromatic hydroxyl groups is 1. The van der Waals surface area contributed by atoms with Crippen molar-refractivity contribution in [2.75, 3.05) is 19.8 Å². The van der Waals surface area contributed by atoms with Crippen LogP contribution in [0.3, 0.4) is 0 Å². The van der Waals surface area contributed by atoms with Crippen molar-refractivity contribution < 1.29 is 14.6 Å². The molecule has 2 N–H and O–H groups in total. The number of benzene rings is 1. The number of aromatic amines is 1. The first kappa shape index (κ1) is 15.6. The van der Waals surface area contributed by atoms with Crippen LogP contribution in [-0.4, -0.2) is 51.9 Å². The molecule has 23 heavy (non-hydrogen) atoms. The molecule has 2 heterocycles. The lowest BCUT2D eigenvalue weighted by atomic mass is 10.1. The molecule has 6 nitrogen and oxygen atoms in total. The van der Waals surface area contributed by atoms with Crippen LogP contribution in [0.25, 0.3) is 11.3 Å². The van der Waals surface area contributed by atoms with Gasteiger partial charge in [-0.3, -0.25) is 9.89 Å². The van der Waals surface area contributed by atoms with E-state index in [0.29, 0.717) is 24.6 Å². The van der Waals surface area contributed by atoms with E-state index in [9.17, 15) is 9.90 Å². The predicted octanol–water partition coefficient (Wildman–Crippen LogP) is 2.42. The number of phenolic OH excluding ortho intramolecular Hbond substituents is 1. The standard InChI is InChI=1S/C17H21N3O3/c1-2-23-11-13-4-3-9-20(13)17(22)16-10-15(18-19-16)12-5-7-14(21)8-6-12/h5-8,10,13,21H,2-4,9,11H2,1H3,(H,18,19)/t13-/m0/s1. The molecule has 6 heteroatoms. The Morgan fingerprint density at radius 2 is 2.22 bits per heavy atom. The Morgan fingerprint density at radius 1 is 1.43 bits per heavy atom. The molecule has 1 saturated heterocycles. The molecule has 0 unspecified atom stereocenters. The Labute approximate surface area is 135 Å². The molecule has 1 aromatic heterocycles. The van der Waals surface area contributed by atoms with Crippen LogP contribution >= 0.6 is 0 Å². The second kappa shape index (κ2) is 6.83. The molecule has 1 atom stereocenters. The highest BCUT2D eigenvalue weighted by atomic mass is 16.5. The van der Waals surface area contributed by atoms with Crippen molar-refractivity contribution in [3.05, 3.63) is 36.0 Å². The fourth-order valence-electron chi connectivity index (χ4n) is 2.90. The second-order valence-electron chi connectivity index (χ2n) is 5.67. The molecule has 2 aromatic rings. The number of hydrogen-bond donors (Lipinski definition) is 2. The zero-order valence-electron chi connectivity index (χ0n) is 13.2. The molecule has 0 bridgehead atoms. The SMILES string of the molecule is CCOC[C@@H]1CCCN1C(=O)c1cc(-c2ccc(O)cc2)n[nH]1. The van der Waals surface area contributed by atoms with Crippen LogP contribution in [0.15, 0.2) is 30.3 Å². The number of amides is 1. The first-order chi connectivity index (χ1) is 11.2. The quantitative estimate of drug-likeness (QED) is 0.888. The molecule has 1 aliphatic heterocycles. The summed E-state index contributed by atoms with van der Waals surface area (Å²) in [6, 6.07) is 8.64. The Bertz CT molecular complexity index is 666. The Kier molecular flexibility index (Phi) is 4.62. The van der Waals surface area contributed by atoms with Crippen molar-refractivity contribution in [2.24, 2.45) is 0 Å². The first-order valence-corrected chi connectivity index (χ1v) is 7.92. The molecule has 0 spiro atoms. The lowest BCUT2D eigenvalue weighted by Gasteiger charge is -2.23. The topological polar surface area (TPSA) is 78.4 Å². The minimum atomic E-state index is -0.0373. The summed E-state index contributed by atoms with van der Waals surface area (Å²) < 4.78 is 5.48. The molecule has 0 saturated carbocycles. The molecular weight excluding hydrogens is 294 g/mol. The second-order valence-corrected chi connectivity index (χ2v) is 5.67. The van der Waals surface area contributed by atoms with Crippen LogP contribution < -0.4 is 0 Å². The summed E-state index contributed by atoms with van der Waals surface area (Å²) in [6.45, 7) is 3.96. The van der Waals surface area contributed by atoms with Crippen molar-refractivity contribution in [1.29, 1.82) is 0 Å². The van der Waals surface area contributed by atoms with Gasteiger partial charge in [-0.05, 0) is 50.1 Å². The average molecular weight is 315 g/mol. The van der Waals surface area contributed by atoms with Gasteiger partial charge in [0.1, 0.15) is 11.4 Å². The summed E-state index contributed by atoms with van der Waals surface area (Å²) in [6.07, 6.45) is 1.98. The lowest BCUT2D eigenvalue weighted by molar-refractivity contribution is 0.0559. The van der Waals surface area contributed by atoms with Gasteiger partial charge in [0.05, 0.1) is 18.3 Å². The van der Waals surface area contributed by atoms with E-state index < -0.39 is 0 Å². The van der Waals surface area contributed by atoms with Crippen LogP contribution in [0.1, 0.15) is 30.3 Å². The van der Waals surface area contributed by atoms with Crippen LogP contribution in [-0.2, 0) is 4.74 Å². The van der Waals surface area contributed by atoms with Crippen molar-refractivity contribution >= 4 is 5.91 Å². The smallest absolute Gasteiger partial charge is 0.272 e. The Balaban J connectivity index is 1.74. The normalized spacial score (nSPS) is 17.6. The summed E-state index contributed by atoms with van der Waals surface area (Å²) in [5, 5.41) is 16.4. The maximum atomic E-state index is 12.7. The number of carbonyl (C=O) groups is 1. The van der Waals surface area contributed by atoms with Crippen molar-refractivity contribution in [3.63, 3.8) is 0 Å². The van der Waals surface area contributed by atoms with Crippen LogP contribution in [0.5, 0.6) is 5.75 Å². The van der Waals surface area contributed by atoms with Gasteiger partial charge in [-0.25, -0.2) is 0 Å². The number of phenols is 1. The van der Waals surface area contributed by atoms with E-state index in [1.54, 1.807) is 30.3 Å². The molecule has 3 rings (SSSR count). The summed E-state index contributed by atoms with van der Waals surface area (Å²) in [5.41, 5.74) is 2.02. The highest BCUT2D eigenvalue weighted by Gasteiger charge is 2.30. The summed E-state index contributed by atoms with van der Waals surface area (Å²) in [5.74, 6) is 0.168. The summed E-state index contributed by atoms with van der Waals surface area (Å²) >= 11 is 0. The first-order valence-electron chi connectivity index (χ1n) is 7.92. The van der Waals surface area contributed by atoms with Gasteiger partial charge in [0.15, 0.2) is 0 Å². The van der Waals surface area contributed by atoms with Crippen molar-refractivity contribution in [1.82, 2.24) is 15.1 Å². The third kappa shape index (κ3) is 3.37. The van der Waals surface area contributed by atoms with Gasteiger partial charge in [0, 0.05) is 18.7 Å². The van der Waals surface area contributed by atoms with Gasteiger partial charge in [-0.15, -0.1) is 0 Å². The lowest BCUT2D eigenvalue weighted by Crippen LogP contribution is -2.38. The molecule has 1 amide bonds. The molecule has 0 aliphatic carbocycles. The predicted molar refractivity (Wildman–Crippen MR) is 86.2 cm³/mol. The minimum absolute atomic E-state index is 0.0373. The number of aromatic nitrogens is 2. The van der Waals surface area contributed by atoms with Crippen LogP contribution in [0.4, 0.5) is 0 Å². The zero-order valence-corrected chi connectivity index (χ0v) is 13.2. The third-order valence-electron chi connectivity index (χ3n) is 4.12. The number of nitrogens with one attached hydrogen (secondary N) is 1. The van der Waals surface area contributed by atoms with E-state index in [1.807, 2.05) is 11.8 Å². The molecule has 0 radical (unpaired) electrons. The van der Waals surface area contributed by atoms with E-state index in [1.165, 1.54) is 0 Å². The number of nitrogens with zero attached hydrogens (tertiary/aromatic N) is 2. The minimum Gasteiger partial charge on any atom is -0.508 e.